The predicted octanol–water partition coefficient (Wildman–Crippen LogP) is 1.98. The Morgan fingerprint density at radius 3 is 2.60 bits per heavy atom. The molecular weight excluding hydrogens is 260 g/mol. The Bertz CT molecular complexity index is 448. The van der Waals surface area contributed by atoms with Gasteiger partial charge >= 0.3 is 5.97 Å². The zero-order chi connectivity index (χ0) is 15.1. The van der Waals surface area contributed by atoms with Crippen LogP contribution < -0.4 is 5.32 Å². The van der Waals surface area contributed by atoms with Crippen LogP contribution in [0.2, 0.25) is 0 Å². The lowest BCUT2D eigenvalue weighted by atomic mass is 10.1. The molecule has 1 unspecified atom stereocenters. The Hall–Kier alpha value is -1.85. The van der Waals surface area contributed by atoms with E-state index >= 15 is 0 Å². The van der Waals surface area contributed by atoms with Crippen molar-refractivity contribution in [2.45, 2.75) is 58.9 Å². The summed E-state index contributed by atoms with van der Waals surface area (Å²) in [6.45, 7) is 5.58. The van der Waals surface area contributed by atoms with E-state index in [1.165, 1.54) is 0 Å². The molecule has 6 heteroatoms. The zero-order valence-corrected chi connectivity index (χ0v) is 12.2. The van der Waals surface area contributed by atoms with Crippen LogP contribution >= 0.6 is 0 Å². The minimum absolute atomic E-state index is 0.00785. The number of rotatable bonds is 8. The molecule has 0 fully saturated rings. The van der Waals surface area contributed by atoms with Crippen molar-refractivity contribution in [3.8, 4) is 0 Å². The minimum Gasteiger partial charge on any atom is -0.481 e. The van der Waals surface area contributed by atoms with Gasteiger partial charge in [0.05, 0.1) is 5.69 Å². The fraction of sp³-hybridized carbons (Fsp3) is 0.643. The summed E-state index contributed by atoms with van der Waals surface area (Å²) in [5, 5.41) is 15.3. The topological polar surface area (TPSA) is 92.4 Å². The number of carbonyl (C=O) groups excluding carboxylic acids is 1. The molecule has 20 heavy (non-hydrogen) atoms. The first-order chi connectivity index (χ1) is 9.40. The molecule has 0 aromatic carbocycles. The molecule has 0 aliphatic rings. The van der Waals surface area contributed by atoms with E-state index in [0.29, 0.717) is 25.7 Å². The van der Waals surface area contributed by atoms with E-state index < -0.39 is 5.97 Å². The number of hydrogen-bond donors (Lipinski definition) is 2. The summed E-state index contributed by atoms with van der Waals surface area (Å²) in [6, 6.07) is -0.00785. The molecule has 1 aromatic heterocycles. The van der Waals surface area contributed by atoms with Crippen molar-refractivity contribution in [1.29, 1.82) is 0 Å². The van der Waals surface area contributed by atoms with Gasteiger partial charge in [-0.3, -0.25) is 9.59 Å². The number of carbonyl (C=O) groups is 2. The summed E-state index contributed by atoms with van der Waals surface area (Å²) in [7, 11) is 0. The Morgan fingerprint density at radius 1 is 1.35 bits per heavy atom. The van der Waals surface area contributed by atoms with Gasteiger partial charge in [-0.05, 0) is 40.0 Å². The maximum Gasteiger partial charge on any atom is 0.303 e. The normalized spacial score (nSPS) is 12.2. The fourth-order valence-corrected chi connectivity index (χ4v) is 2.08. The van der Waals surface area contributed by atoms with Crippen LogP contribution in [-0.2, 0) is 16.0 Å². The standard InChI is InChI=1S/C14H22N2O4/c1-9(5-4-6-14(18)19)15-13(17)8-7-12-10(2)16-20-11(12)3/h9H,4-8H2,1-3H3,(H,15,17)(H,18,19). The van der Waals surface area contributed by atoms with Gasteiger partial charge in [0.2, 0.25) is 5.91 Å². The third-order valence-corrected chi connectivity index (χ3v) is 3.22. The molecule has 1 heterocycles. The second-order valence-electron chi connectivity index (χ2n) is 5.06. The number of hydrogen-bond acceptors (Lipinski definition) is 4. The van der Waals surface area contributed by atoms with Gasteiger partial charge in [-0.1, -0.05) is 5.16 Å². The molecule has 0 radical (unpaired) electrons. The van der Waals surface area contributed by atoms with E-state index in [1.54, 1.807) is 0 Å². The summed E-state index contributed by atoms with van der Waals surface area (Å²) in [5.74, 6) is -0.0837. The van der Waals surface area contributed by atoms with Gasteiger partial charge in [0.15, 0.2) is 0 Å². The molecule has 0 spiro atoms. The van der Waals surface area contributed by atoms with Gasteiger partial charge in [-0.2, -0.15) is 0 Å². The summed E-state index contributed by atoms with van der Waals surface area (Å²) in [6.07, 6.45) is 2.37. The SMILES string of the molecule is Cc1noc(C)c1CCC(=O)NC(C)CCCC(=O)O. The smallest absolute Gasteiger partial charge is 0.303 e. The maximum absolute atomic E-state index is 11.8. The zero-order valence-electron chi connectivity index (χ0n) is 12.2. The number of aromatic nitrogens is 1. The quantitative estimate of drug-likeness (QED) is 0.760. The van der Waals surface area contributed by atoms with E-state index in [0.717, 1.165) is 17.0 Å². The van der Waals surface area contributed by atoms with Crippen molar-refractivity contribution < 1.29 is 19.2 Å². The Balaban J connectivity index is 2.28. The molecular formula is C14H22N2O4. The number of carboxylic acid groups (broad SMARTS) is 1. The Kier molecular flexibility index (Phi) is 6.21. The van der Waals surface area contributed by atoms with Crippen LogP contribution in [0.15, 0.2) is 4.52 Å². The fourth-order valence-electron chi connectivity index (χ4n) is 2.08. The molecule has 0 aliphatic heterocycles. The van der Waals surface area contributed by atoms with Gasteiger partial charge in [0.25, 0.3) is 0 Å². The highest BCUT2D eigenvalue weighted by molar-refractivity contribution is 5.76. The largest absolute Gasteiger partial charge is 0.481 e. The van der Waals surface area contributed by atoms with Crippen LogP contribution in [-0.4, -0.2) is 28.2 Å². The average Bonchev–Trinajstić information content (AvgIpc) is 2.66. The number of aryl methyl sites for hydroxylation is 2. The van der Waals surface area contributed by atoms with Crippen LogP contribution in [0.4, 0.5) is 0 Å². The molecule has 1 amide bonds. The molecule has 112 valence electrons. The highest BCUT2D eigenvalue weighted by atomic mass is 16.5. The molecule has 0 bridgehead atoms. The number of aliphatic carboxylic acids is 1. The summed E-state index contributed by atoms with van der Waals surface area (Å²) >= 11 is 0. The summed E-state index contributed by atoms with van der Waals surface area (Å²) in [4.78, 5) is 22.2. The molecule has 0 saturated heterocycles. The van der Waals surface area contributed by atoms with Gasteiger partial charge in [0.1, 0.15) is 5.76 Å². The Morgan fingerprint density at radius 2 is 2.05 bits per heavy atom. The van der Waals surface area contributed by atoms with Gasteiger partial charge in [0, 0.05) is 24.4 Å². The van der Waals surface area contributed by atoms with Crippen molar-refractivity contribution in [2.24, 2.45) is 0 Å². The third-order valence-electron chi connectivity index (χ3n) is 3.22. The lowest BCUT2D eigenvalue weighted by Gasteiger charge is -2.13. The third kappa shape index (κ3) is 5.42. The van der Waals surface area contributed by atoms with E-state index in [-0.39, 0.29) is 18.4 Å². The van der Waals surface area contributed by atoms with Crippen molar-refractivity contribution in [3.05, 3.63) is 17.0 Å². The lowest BCUT2D eigenvalue weighted by molar-refractivity contribution is -0.137. The summed E-state index contributed by atoms with van der Waals surface area (Å²) < 4.78 is 5.05. The molecule has 1 rings (SSSR count). The second kappa shape index (κ2) is 7.67. The lowest BCUT2D eigenvalue weighted by Crippen LogP contribution is -2.32. The molecule has 1 atom stereocenters. The van der Waals surface area contributed by atoms with Crippen LogP contribution in [0.5, 0.6) is 0 Å². The monoisotopic (exact) mass is 282 g/mol. The first-order valence-corrected chi connectivity index (χ1v) is 6.83. The molecule has 2 N–H and O–H groups in total. The Labute approximate surface area is 118 Å². The van der Waals surface area contributed by atoms with Crippen LogP contribution in [0.1, 0.15) is 49.6 Å². The van der Waals surface area contributed by atoms with Crippen molar-refractivity contribution >= 4 is 11.9 Å². The van der Waals surface area contributed by atoms with Crippen LogP contribution in [0, 0.1) is 13.8 Å². The maximum atomic E-state index is 11.8. The van der Waals surface area contributed by atoms with E-state index in [1.807, 2.05) is 20.8 Å². The van der Waals surface area contributed by atoms with E-state index in [4.69, 9.17) is 9.63 Å². The second-order valence-corrected chi connectivity index (χ2v) is 5.06. The number of carboxylic acids is 1. The van der Waals surface area contributed by atoms with Gasteiger partial charge in [-0.15, -0.1) is 0 Å². The van der Waals surface area contributed by atoms with Gasteiger partial charge < -0.3 is 14.9 Å². The highest BCUT2D eigenvalue weighted by Gasteiger charge is 2.12. The average molecular weight is 282 g/mol. The van der Waals surface area contributed by atoms with Crippen molar-refractivity contribution in [2.75, 3.05) is 0 Å². The minimum atomic E-state index is -0.804. The first-order valence-electron chi connectivity index (χ1n) is 6.83. The summed E-state index contributed by atoms with van der Waals surface area (Å²) in [5.41, 5.74) is 1.81. The molecule has 0 saturated carbocycles. The highest BCUT2D eigenvalue weighted by Crippen LogP contribution is 2.14. The van der Waals surface area contributed by atoms with Crippen LogP contribution in [0.25, 0.3) is 0 Å². The predicted molar refractivity (Wildman–Crippen MR) is 73.4 cm³/mol. The number of nitrogens with zero attached hydrogens (tertiary/aromatic N) is 1. The van der Waals surface area contributed by atoms with Crippen molar-refractivity contribution in [3.63, 3.8) is 0 Å². The number of nitrogens with one attached hydrogen (secondary N) is 1. The van der Waals surface area contributed by atoms with Crippen LogP contribution in [0.3, 0.4) is 0 Å². The van der Waals surface area contributed by atoms with E-state index in [2.05, 4.69) is 10.5 Å². The van der Waals surface area contributed by atoms with E-state index in [9.17, 15) is 9.59 Å². The number of amides is 1. The molecule has 1 aromatic rings. The molecule has 0 aliphatic carbocycles. The first kappa shape index (κ1) is 16.2. The van der Waals surface area contributed by atoms with Crippen molar-refractivity contribution in [1.82, 2.24) is 10.5 Å². The van der Waals surface area contributed by atoms with Gasteiger partial charge in [-0.25, -0.2) is 0 Å². The molecule has 6 nitrogen and oxygen atoms in total.